The Hall–Kier alpha value is 2.95. The third-order valence-corrected chi connectivity index (χ3v) is 0. The molecular formula is H6CdO8S2Se2Zn2. The van der Waals surface area contributed by atoms with E-state index in [-0.39, 0.29) is 111 Å². The van der Waals surface area contributed by atoms with E-state index in [1.807, 2.05) is 0 Å². The maximum Gasteiger partial charge on any atom is 2.00 e. The molecule has 0 spiro atoms. The third-order valence-electron chi connectivity index (χ3n) is 0. The molecule has 0 aliphatic rings. The molecule has 84 valence electrons. The molecule has 8 nitrogen and oxygen atoms in total. The molecule has 0 bridgehead atoms. The van der Waals surface area contributed by atoms with Gasteiger partial charge in [-0.25, -0.2) is 0 Å². The standard InChI is InChI=1S/Cd.2HO3S.2O.2H2Se.2Zn/c;2*1-4(2)3;;;;;;/h;2*(H,1,2,3);;;2*1H2;;/q+2;2*-1;2*-2;;;2*+2. The fourth-order valence-corrected chi connectivity index (χ4v) is 0. The maximum absolute atomic E-state index is 8.56. The maximum atomic E-state index is 8.56. The summed E-state index contributed by atoms with van der Waals surface area (Å²) >= 11 is 0. The Bertz CT molecular complexity index is 145. The molecule has 0 saturated heterocycles. The van der Waals surface area contributed by atoms with Crippen molar-refractivity contribution in [2.45, 2.75) is 0 Å². The van der Waals surface area contributed by atoms with Crippen LogP contribution in [0.4, 0.5) is 0 Å². The zero-order valence-electron chi connectivity index (χ0n) is 7.28. The summed E-state index contributed by atoms with van der Waals surface area (Å²) in [5.74, 6) is 0. The number of hydrogen-bond donors (Lipinski definition) is 2. The minimum atomic E-state index is -2.86. The quantitative estimate of drug-likeness (QED) is 0.135. The van der Waals surface area contributed by atoms with Crippen molar-refractivity contribution in [1.82, 2.24) is 0 Å². The molecule has 0 atom stereocenters. The molecule has 0 heterocycles. The van der Waals surface area contributed by atoms with Gasteiger partial charge in [0.15, 0.2) is 0 Å². The fourth-order valence-electron chi connectivity index (χ4n) is 0. The molecule has 0 radical (unpaired) electrons. The van der Waals surface area contributed by atoms with Gasteiger partial charge >= 0.3 is 100 Å². The SMILES string of the molecule is O=[S-](=O)O.O=[S-](=O)O.[Cd+2].[O-2].[O-2].[SeH2].[SeH2].[Zn+2].[Zn+2]. The van der Waals surface area contributed by atoms with Gasteiger partial charge in [0.2, 0.25) is 0 Å². The molecule has 15 heteroatoms. The van der Waals surface area contributed by atoms with E-state index in [0.717, 1.165) is 0 Å². The van der Waals surface area contributed by atoms with E-state index in [0.29, 0.717) is 0 Å². The van der Waals surface area contributed by atoms with Gasteiger partial charge in [-0.05, 0) is 0 Å². The Morgan fingerprint density at radius 3 is 0.667 bits per heavy atom. The molecule has 0 aromatic rings. The van der Waals surface area contributed by atoms with Gasteiger partial charge < -0.3 is 36.9 Å². The van der Waals surface area contributed by atoms with E-state index in [4.69, 9.17) is 25.9 Å². The first-order chi connectivity index (χ1) is 3.46. The minimum Gasteiger partial charge on any atom is 2.00 e. The topological polar surface area (TPSA) is 166 Å². The van der Waals surface area contributed by atoms with Crippen molar-refractivity contribution in [3.05, 3.63) is 0 Å². The van der Waals surface area contributed by atoms with Crippen molar-refractivity contribution in [3.63, 3.8) is 0 Å². The average molecular weight is 599 g/mol. The van der Waals surface area contributed by atoms with Crippen molar-refractivity contribution in [1.29, 1.82) is 0 Å². The van der Waals surface area contributed by atoms with Gasteiger partial charge in [0.25, 0.3) is 0 Å². The first-order valence-electron chi connectivity index (χ1n) is 1.03. The molecule has 0 aliphatic heterocycles. The second-order valence-corrected chi connectivity index (χ2v) is 1.30. The van der Waals surface area contributed by atoms with Crippen LogP contribution in [0.25, 0.3) is 0 Å². The summed E-state index contributed by atoms with van der Waals surface area (Å²) < 4.78 is 48.2. The van der Waals surface area contributed by atoms with E-state index < -0.39 is 22.0 Å². The summed E-state index contributed by atoms with van der Waals surface area (Å²) in [7, 11) is -5.72. The predicted octanol–water partition coefficient (Wildman–Crippen LogP) is -2.54. The van der Waals surface area contributed by atoms with E-state index >= 15 is 0 Å². The second kappa shape index (κ2) is 53.8. The molecule has 15 heavy (non-hydrogen) atoms. The third kappa shape index (κ3) is 436. The van der Waals surface area contributed by atoms with Crippen molar-refractivity contribution in [2.24, 2.45) is 0 Å². The van der Waals surface area contributed by atoms with E-state index in [1.54, 1.807) is 0 Å². The first-order valence-corrected chi connectivity index (χ1v) is 3.10. The average Bonchev–Trinajstić information content (AvgIpc) is 1.25. The van der Waals surface area contributed by atoms with Gasteiger partial charge in [-0.1, -0.05) is 0 Å². The molecule has 0 unspecified atom stereocenters. The Balaban J connectivity index is -0.00000000468. The van der Waals surface area contributed by atoms with Crippen LogP contribution in [0.15, 0.2) is 0 Å². The number of rotatable bonds is 0. The molecule has 0 aromatic carbocycles. The summed E-state index contributed by atoms with van der Waals surface area (Å²) in [5.41, 5.74) is 0. The molecule has 0 amide bonds. The Morgan fingerprint density at radius 2 is 0.667 bits per heavy atom. The van der Waals surface area contributed by atoms with Crippen LogP contribution in [0.5, 0.6) is 0 Å². The molecule has 2 N–H and O–H groups in total. The van der Waals surface area contributed by atoms with Gasteiger partial charge in [0.05, 0.1) is 0 Å². The van der Waals surface area contributed by atoms with Gasteiger partial charge in [-0.3, -0.25) is 0 Å². The molecule has 0 rings (SSSR count). The van der Waals surface area contributed by atoms with Crippen LogP contribution in [0.3, 0.4) is 0 Å². The van der Waals surface area contributed by atoms with Gasteiger partial charge in [-0.2, -0.15) is 0 Å². The first kappa shape index (κ1) is 64.4. The normalized spacial score (nSPS) is 4.53. The zero-order valence-corrected chi connectivity index (χ0v) is 23.1. The van der Waals surface area contributed by atoms with Gasteiger partial charge in [-0.15, -0.1) is 0 Å². The Kier molecular flexibility index (Phi) is 231. The molecule has 0 aromatic heterocycles. The molecule has 0 saturated carbocycles. The summed E-state index contributed by atoms with van der Waals surface area (Å²) in [5, 5.41) is 0. The van der Waals surface area contributed by atoms with E-state index in [1.165, 1.54) is 0 Å². The monoisotopic (exact) mass is 600 g/mol. The van der Waals surface area contributed by atoms with Crippen LogP contribution in [-0.2, 0) is 116 Å². The van der Waals surface area contributed by atoms with Crippen LogP contribution >= 0.6 is 0 Å². The van der Waals surface area contributed by atoms with Crippen LogP contribution in [0, 0.1) is 0 Å². The van der Waals surface area contributed by atoms with Crippen LogP contribution < -0.4 is 0 Å². The summed E-state index contributed by atoms with van der Waals surface area (Å²) in [6, 6.07) is 0. The zero-order chi connectivity index (χ0) is 7.15. The summed E-state index contributed by atoms with van der Waals surface area (Å²) in [6.07, 6.45) is 0. The van der Waals surface area contributed by atoms with Crippen molar-refractivity contribution < 1.29 is 103 Å². The number of hydrogen-bond acceptors (Lipinski definition) is 6. The van der Waals surface area contributed by atoms with Crippen molar-refractivity contribution in [3.8, 4) is 0 Å². The Labute approximate surface area is 157 Å². The van der Waals surface area contributed by atoms with Crippen LogP contribution in [0.1, 0.15) is 0 Å². The van der Waals surface area contributed by atoms with Crippen molar-refractivity contribution >= 4 is 56.1 Å². The van der Waals surface area contributed by atoms with Gasteiger partial charge in [0.1, 0.15) is 0 Å². The fraction of sp³-hybridized carbons (Fsp3) is 0. The molecule has 0 aliphatic carbocycles. The summed E-state index contributed by atoms with van der Waals surface area (Å²) in [4.78, 5) is 0. The minimum absolute atomic E-state index is 0. The van der Waals surface area contributed by atoms with E-state index in [9.17, 15) is 0 Å². The van der Waals surface area contributed by atoms with Crippen LogP contribution in [-0.4, -0.2) is 43.2 Å². The Morgan fingerprint density at radius 1 is 0.667 bits per heavy atom. The largest absolute Gasteiger partial charge is 2.00 e. The van der Waals surface area contributed by atoms with Crippen molar-refractivity contribution in [2.75, 3.05) is 0 Å². The van der Waals surface area contributed by atoms with Crippen LogP contribution in [0.2, 0.25) is 0 Å². The molecule has 0 fully saturated rings. The molecular weight excluding hydrogens is 593 g/mol. The predicted molar refractivity (Wildman–Crippen MR) is 41.2 cm³/mol. The second-order valence-electron chi connectivity index (χ2n) is 0.434. The van der Waals surface area contributed by atoms with E-state index in [2.05, 4.69) is 0 Å². The smallest absolute Gasteiger partial charge is 2.00 e. The summed E-state index contributed by atoms with van der Waals surface area (Å²) in [6.45, 7) is 0. The van der Waals surface area contributed by atoms with Gasteiger partial charge in [0, 0.05) is 22.0 Å².